The molecule has 0 radical (unpaired) electrons. The monoisotopic (exact) mass is 394 g/mol. The summed E-state index contributed by atoms with van der Waals surface area (Å²) in [7, 11) is 0. The topological polar surface area (TPSA) is 201 Å². The van der Waals surface area contributed by atoms with E-state index < -0.39 is 0 Å². The van der Waals surface area contributed by atoms with Gasteiger partial charge in [0.2, 0.25) is 11.9 Å². The minimum atomic E-state index is -0.0102. The molecule has 4 N–H and O–H groups in total. The van der Waals surface area contributed by atoms with Crippen LogP contribution in [0.3, 0.4) is 0 Å². The van der Waals surface area contributed by atoms with Gasteiger partial charge in [0.05, 0.1) is 12.7 Å². The van der Waals surface area contributed by atoms with Crippen molar-refractivity contribution in [3.63, 3.8) is 0 Å². The van der Waals surface area contributed by atoms with Gasteiger partial charge in [-0.3, -0.25) is 0 Å². The number of hydrogen-bond acceptors (Lipinski definition) is 8. The predicted molar refractivity (Wildman–Crippen MR) is 106 cm³/mol. The number of nitrogens with one attached hydrogen (secondary N) is 4. The lowest BCUT2D eigenvalue weighted by molar-refractivity contribution is 1.23. The normalized spacial score (nSPS) is 10.3. The molecule has 3 aromatic rings. The fourth-order valence-corrected chi connectivity index (χ4v) is 2.17. The largest absolute Gasteiger partial charge is 0.346 e. The number of benzene rings is 1. The van der Waals surface area contributed by atoms with Gasteiger partial charge in [0.25, 0.3) is 0 Å². The van der Waals surface area contributed by atoms with Crippen LogP contribution in [0.25, 0.3) is 0 Å². The van der Waals surface area contributed by atoms with Crippen molar-refractivity contribution in [2.75, 3.05) is 10.6 Å². The van der Waals surface area contributed by atoms with Crippen molar-refractivity contribution >= 4 is 35.9 Å². The number of imidazole rings is 2. The second-order valence-electron chi connectivity index (χ2n) is 5.40. The molecule has 0 aliphatic rings. The average Bonchev–Trinajstić information content (AvgIpc) is 3.37. The highest BCUT2D eigenvalue weighted by molar-refractivity contribution is 5.80. The molecular weight excluding hydrogens is 384 g/mol. The Morgan fingerprint density at radius 1 is 0.700 bits per heavy atom. The van der Waals surface area contributed by atoms with Gasteiger partial charge in [0.1, 0.15) is 24.3 Å². The molecule has 0 aliphatic heterocycles. The fourth-order valence-electron chi connectivity index (χ4n) is 2.17. The molecule has 0 saturated carbocycles. The molecule has 142 valence electrons. The number of nitrogens with zero attached hydrogens (tertiary/aromatic N) is 8. The van der Waals surface area contributed by atoms with Crippen molar-refractivity contribution < 1.29 is 0 Å². The lowest BCUT2D eigenvalue weighted by Gasteiger charge is -2.02. The molecule has 0 spiro atoms. The number of rotatable bonds is 6. The van der Waals surface area contributed by atoms with Crippen LogP contribution in [-0.2, 0) is 0 Å². The van der Waals surface area contributed by atoms with Crippen LogP contribution in [0.1, 0.15) is 22.8 Å². The van der Waals surface area contributed by atoms with Crippen LogP contribution in [0.15, 0.2) is 34.3 Å². The summed E-state index contributed by atoms with van der Waals surface area (Å²) in [5.74, 6) is 0.282. The minimum Gasteiger partial charge on any atom is -0.346 e. The van der Waals surface area contributed by atoms with Gasteiger partial charge in [-0.15, -0.1) is 0 Å². The zero-order valence-electron chi connectivity index (χ0n) is 15.0. The second-order valence-corrected chi connectivity index (χ2v) is 5.40. The molecule has 1 aromatic carbocycles. The smallest absolute Gasteiger partial charge is 0.230 e. The Hall–Kier alpha value is -5.46. The van der Waals surface area contributed by atoms with E-state index in [1.165, 1.54) is 12.7 Å². The Kier molecular flexibility index (Phi) is 5.76. The Balaban J connectivity index is 1.56. The zero-order chi connectivity index (χ0) is 21.3. The van der Waals surface area contributed by atoms with Crippen molar-refractivity contribution in [1.82, 2.24) is 19.9 Å². The van der Waals surface area contributed by atoms with E-state index in [0.717, 1.165) is 11.4 Å². The van der Waals surface area contributed by atoms with Gasteiger partial charge in [-0.2, -0.15) is 31.0 Å². The van der Waals surface area contributed by atoms with Crippen LogP contribution < -0.4 is 10.6 Å². The van der Waals surface area contributed by atoms with E-state index in [-0.39, 0.29) is 34.7 Å². The van der Waals surface area contributed by atoms with Gasteiger partial charge in [-0.05, 0) is 24.3 Å². The zero-order valence-corrected chi connectivity index (χ0v) is 15.0. The fraction of sp³-hybridized carbons (Fsp3) is 0. The number of nitriles is 4. The molecule has 0 aliphatic carbocycles. The van der Waals surface area contributed by atoms with Crippen molar-refractivity contribution in [2.45, 2.75) is 0 Å². The first kappa shape index (κ1) is 19.3. The Morgan fingerprint density at radius 3 is 1.40 bits per heavy atom. The first-order chi connectivity index (χ1) is 14.7. The molecule has 3 rings (SSSR count). The molecule has 0 amide bonds. The molecule has 2 aromatic heterocycles. The molecule has 12 nitrogen and oxygen atoms in total. The number of hydrogen-bond donors (Lipinski definition) is 4. The highest BCUT2D eigenvalue weighted by atomic mass is 15.1. The first-order valence-corrected chi connectivity index (χ1v) is 8.15. The van der Waals surface area contributed by atoms with Crippen LogP contribution in [0.4, 0.5) is 23.3 Å². The third-order valence-electron chi connectivity index (χ3n) is 3.54. The van der Waals surface area contributed by atoms with Gasteiger partial charge in [-0.1, -0.05) is 0 Å². The van der Waals surface area contributed by atoms with E-state index in [9.17, 15) is 0 Å². The number of aromatic nitrogens is 4. The third kappa shape index (κ3) is 4.44. The lowest BCUT2D eigenvalue weighted by Crippen LogP contribution is -1.97. The van der Waals surface area contributed by atoms with Crippen molar-refractivity contribution in [1.29, 1.82) is 21.0 Å². The van der Waals surface area contributed by atoms with Crippen LogP contribution in [0.5, 0.6) is 0 Å². The van der Waals surface area contributed by atoms with E-state index >= 15 is 0 Å². The maximum absolute atomic E-state index is 8.87. The summed E-state index contributed by atoms with van der Waals surface area (Å²) in [6.07, 6.45) is 2.75. The van der Waals surface area contributed by atoms with Crippen LogP contribution in [0, 0.1) is 45.3 Å². The van der Waals surface area contributed by atoms with Gasteiger partial charge in [0.15, 0.2) is 22.8 Å². The first-order valence-electron chi connectivity index (χ1n) is 8.15. The Labute approximate surface area is 169 Å². The van der Waals surface area contributed by atoms with Crippen LogP contribution in [0.2, 0.25) is 0 Å². The second kappa shape index (κ2) is 8.96. The minimum absolute atomic E-state index is 0.0102. The third-order valence-corrected chi connectivity index (χ3v) is 3.54. The van der Waals surface area contributed by atoms with Crippen LogP contribution >= 0.6 is 0 Å². The van der Waals surface area contributed by atoms with Gasteiger partial charge >= 0.3 is 0 Å². The van der Waals surface area contributed by atoms with E-state index in [2.05, 4.69) is 40.6 Å². The van der Waals surface area contributed by atoms with Crippen molar-refractivity contribution in [3.05, 3.63) is 47.0 Å². The highest BCUT2D eigenvalue weighted by Crippen LogP contribution is 2.14. The summed E-state index contributed by atoms with van der Waals surface area (Å²) in [6.45, 7) is 0. The van der Waals surface area contributed by atoms with Gasteiger partial charge in [-0.25, -0.2) is 9.98 Å². The molecular formula is C18H10N12. The van der Waals surface area contributed by atoms with E-state index in [0.29, 0.717) is 0 Å². The van der Waals surface area contributed by atoms with E-state index in [1.807, 2.05) is 24.3 Å². The molecule has 0 bridgehead atoms. The van der Waals surface area contributed by atoms with Crippen molar-refractivity contribution in [3.8, 4) is 24.3 Å². The van der Waals surface area contributed by atoms with E-state index in [1.54, 1.807) is 24.3 Å². The summed E-state index contributed by atoms with van der Waals surface area (Å²) < 4.78 is 0. The molecule has 12 heteroatoms. The quantitative estimate of drug-likeness (QED) is 0.359. The standard InChI is InChI=1S/C18H10N12/c19-5-13-14(6-20)28-17(27-13)25-9-23-11-1-2-12(4-3-11)24-10-26-18-29-15(7-21)16(8-22)30-18/h1-4,9-10H,(H2,23,25,27,28)(H2,24,26,29,30). The van der Waals surface area contributed by atoms with Gasteiger partial charge in [0, 0.05) is 11.4 Å². The molecule has 0 fully saturated rings. The van der Waals surface area contributed by atoms with Crippen LogP contribution in [-0.4, -0.2) is 32.6 Å². The summed E-state index contributed by atoms with van der Waals surface area (Å²) in [5, 5.41) is 41.3. The van der Waals surface area contributed by atoms with E-state index in [4.69, 9.17) is 21.0 Å². The summed E-state index contributed by atoms with van der Waals surface area (Å²) in [6, 6.07) is 14.4. The summed E-state index contributed by atoms with van der Waals surface area (Å²) >= 11 is 0. The Bertz CT molecular complexity index is 1120. The lowest BCUT2D eigenvalue weighted by atomic mass is 10.3. The number of H-pyrrole nitrogens is 2. The predicted octanol–water partition coefficient (Wildman–Crippen LogP) is 2.16. The average molecular weight is 394 g/mol. The molecule has 0 saturated heterocycles. The molecule has 0 unspecified atom stereocenters. The maximum atomic E-state index is 8.87. The SMILES string of the molecule is N#Cc1nc(/N=C/Nc2ccc(N/C=N/c3nc(C#N)c(C#N)[nH]3)cc2)[nH]c1C#N. The maximum Gasteiger partial charge on any atom is 0.230 e. The van der Waals surface area contributed by atoms with Crippen molar-refractivity contribution in [2.24, 2.45) is 9.98 Å². The van der Waals surface area contributed by atoms with Gasteiger partial charge < -0.3 is 20.6 Å². The number of aliphatic imine (C=N–C) groups is 2. The summed E-state index contributed by atoms with van der Waals surface area (Å²) in [5.41, 5.74) is 1.57. The molecule has 30 heavy (non-hydrogen) atoms. The number of aromatic amines is 2. The summed E-state index contributed by atoms with van der Waals surface area (Å²) in [4.78, 5) is 21.0. The number of anilines is 2. The molecule has 0 atom stereocenters. The Morgan fingerprint density at radius 2 is 1.10 bits per heavy atom. The molecule has 2 heterocycles. The highest BCUT2D eigenvalue weighted by Gasteiger charge is 2.08.